The van der Waals surface area contributed by atoms with E-state index in [-0.39, 0.29) is 17.2 Å². The lowest BCUT2D eigenvalue weighted by Gasteiger charge is -2.11. The van der Waals surface area contributed by atoms with Crippen molar-refractivity contribution in [2.45, 2.75) is 6.18 Å². The zero-order chi connectivity index (χ0) is 23.9. The maximum atomic E-state index is 12.6. The van der Waals surface area contributed by atoms with Crippen LogP contribution in [-0.4, -0.2) is 37.2 Å². The van der Waals surface area contributed by atoms with Gasteiger partial charge in [0.2, 0.25) is 11.5 Å². The number of aliphatic hydroxyl groups is 1. The highest BCUT2D eigenvalue weighted by atomic mass is 19.4. The number of nitrogens with zero attached hydrogens (tertiary/aromatic N) is 1. The first-order chi connectivity index (χ1) is 15.0. The summed E-state index contributed by atoms with van der Waals surface area (Å²) in [5, 5.41) is 12.4. The van der Waals surface area contributed by atoms with Gasteiger partial charge in [-0.1, -0.05) is 0 Å². The number of rotatable bonds is 6. The third-order valence-corrected chi connectivity index (χ3v) is 3.78. The predicted octanol–water partition coefficient (Wildman–Crippen LogP) is 3.98. The Morgan fingerprint density at radius 1 is 0.969 bits per heavy atom. The zero-order valence-corrected chi connectivity index (χ0v) is 16.8. The van der Waals surface area contributed by atoms with Gasteiger partial charge in [0.25, 0.3) is 5.91 Å². The number of carbonyl (C=O) groups is 2. The number of methoxy groups -OCH3 is 2. The number of hydrogen-bond acceptors (Lipinski definition) is 6. The average molecular weight is 453 g/mol. The molecular weight excluding hydrogens is 435 g/mol. The van der Waals surface area contributed by atoms with Crippen molar-refractivity contribution in [3.05, 3.63) is 65.6 Å². The van der Waals surface area contributed by atoms with E-state index in [4.69, 9.17) is 15.2 Å². The Labute approximate surface area is 179 Å². The molecule has 0 aliphatic rings. The molecule has 0 radical (unpaired) electrons. The standard InChI is InChI=1S/C20H18F3N3O6/c1-30-16(17(24)26-19(29)31-2)15(27)18(28)25-12-5-9-14(10-6-12)32-13-7-3-11(4-8-13)20(21,22)23/h3-10,27H,1-2H3,(H,25,28)(H2,24,26,29)/b16-15+. The number of halogens is 3. The van der Waals surface area contributed by atoms with Crippen LogP contribution >= 0.6 is 0 Å². The minimum atomic E-state index is -4.45. The van der Waals surface area contributed by atoms with Gasteiger partial charge >= 0.3 is 12.3 Å². The Kier molecular flexibility index (Phi) is 7.66. The van der Waals surface area contributed by atoms with E-state index in [0.717, 1.165) is 26.4 Å². The third kappa shape index (κ3) is 6.39. The highest BCUT2D eigenvalue weighted by Crippen LogP contribution is 2.31. The van der Waals surface area contributed by atoms with Crippen LogP contribution in [0.15, 0.2) is 65.0 Å². The van der Waals surface area contributed by atoms with E-state index in [1.165, 1.54) is 36.4 Å². The molecule has 2 rings (SSSR count). The van der Waals surface area contributed by atoms with Crippen molar-refractivity contribution in [2.24, 2.45) is 10.7 Å². The SMILES string of the molecule is COC(=O)/N=C(N)\C(OC)=C(/O)C(=O)Nc1ccc(Oc2ccc(C(F)(F)F)cc2)cc1. The van der Waals surface area contributed by atoms with Gasteiger partial charge in [-0.05, 0) is 48.5 Å². The molecule has 0 fully saturated rings. The fourth-order valence-electron chi connectivity index (χ4n) is 2.27. The number of benzene rings is 2. The summed E-state index contributed by atoms with van der Waals surface area (Å²) in [5.74, 6) is -2.61. The number of anilines is 1. The van der Waals surface area contributed by atoms with Crippen molar-refractivity contribution in [2.75, 3.05) is 19.5 Å². The van der Waals surface area contributed by atoms with Gasteiger partial charge in [-0.3, -0.25) is 4.79 Å². The van der Waals surface area contributed by atoms with Gasteiger partial charge < -0.3 is 30.4 Å². The van der Waals surface area contributed by atoms with Gasteiger partial charge in [0.15, 0.2) is 5.84 Å². The minimum absolute atomic E-state index is 0.181. The lowest BCUT2D eigenvalue weighted by molar-refractivity contribution is -0.137. The van der Waals surface area contributed by atoms with E-state index >= 15 is 0 Å². The molecule has 32 heavy (non-hydrogen) atoms. The number of ether oxygens (including phenoxy) is 3. The zero-order valence-electron chi connectivity index (χ0n) is 16.8. The summed E-state index contributed by atoms with van der Waals surface area (Å²) in [6, 6.07) is 9.85. The maximum Gasteiger partial charge on any atom is 0.435 e. The first-order valence-electron chi connectivity index (χ1n) is 8.71. The van der Waals surface area contributed by atoms with Gasteiger partial charge in [-0.15, -0.1) is 0 Å². The Hall–Kier alpha value is -4.22. The molecule has 170 valence electrons. The highest BCUT2D eigenvalue weighted by molar-refractivity contribution is 6.10. The predicted molar refractivity (Wildman–Crippen MR) is 107 cm³/mol. The van der Waals surface area contributed by atoms with E-state index in [0.29, 0.717) is 0 Å². The van der Waals surface area contributed by atoms with Crippen molar-refractivity contribution in [3.8, 4) is 11.5 Å². The molecule has 2 amide bonds. The number of aliphatic hydroxyl groups excluding tert-OH is 1. The average Bonchev–Trinajstić information content (AvgIpc) is 2.75. The van der Waals surface area contributed by atoms with Gasteiger partial charge in [0.1, 0.15) is 11.5 Å². The van der Waals surface area contributed by atoms with Crippen molar-refractivity contribution < 1.29 is 42.1 Å². The van der Waals surface area contributed by atoms with Crippen molar-refractivity contribution >= 4 is 23.5 Å². The molecule has 0 saturated carbocycles. The smallest absolute Gasteiger partial charge is 0.435 e. The summed E-state index contributed by atoms with van der Waals surface area (Å²) >= 11 is 0. The molecule has 0 saturated heterocycles. The van der Waals surface area contributed by atoms with Crippen LogP contribution in [0.25, 0.3) is 0 Å². The second-order valence-electron chi connectivity index (χ2n) is 5.95. The molecule has 9 nitrogen and oxygen atoms in total. The molecule has 0 aromatic heterocycles. The Bertz CT molecular complexity index is 1030. The second kappa shape index (κ2) is 10.2. The molecule has 4 N–H and O–H groups in total. The molecule has 0 heterocycles. The first-order valence-corrected chi connectivity index (χ1v) is 8.71. The van der Waals surface area contributed by atoms with Crippen molar-refractivity contribution in [1.82, 2.24) is 0 Å². The molecule has 0 unspecified atom stereocenters. The maximum absolute atomic E-state index is 12.6. The number of amides is 2. The number of carbonyl (C=O) groups excluding carboxylic acids is 2. The molecule has 0 bridgehead atoms. The lowest BCUT2D eigenvalue weighted by atomic mass is 10.2. The largest absolute Gasteiger partial charge is 0.500 e. The summed E-state index contributed by atoms with van der Waals surface area (Å²) in [7, 11) is 2.17. The van der Waals surface area contributed by atoms with Crippen LogP contribution in [0.2, 0.25) is 0 Å². The van der Waals surface area contributed by atoms with E-state index < -0.39 is 41.1 Å². The van der Waals surface area contributed by atoms with Crippen LogP contribution in [0.5, 0.6) is 11.5 Å². The second-order valence-corrected chi connectivity index (χ2v) is 5.95. The third-order valence-electron chi connectivity index (χ3n) is 3.78. The summed E-state index contributed by atoms with van der Waals surface area (Å²) < 4.78 is 52.4. The van der Waals surface area contributed by atoms with Crippen LogP contribution in [-0.2, 0) is 20.4 Å². The number of nitrogens with one attached hydrogen (secondary N) is 1. The van der Waals surface area contributed by atoms with Crippen molar-refractivity contribution in [3.63, 3.8) is 0 Å². The Balaban J connectivity index is 2.08. The molecule has 12 heteroatoms. The number of amidine groups is 1. The molecule has 2 aromatic carbocycles. The van der Waals surface area contributed by atoms with Crippen molar-refractivity contribution in [1.29, 1.82) is 0 Å². The molecule has 0 aliphatic carbocycles. The number of hydrogen-bond donors (Lipinski definition) is 3. The topological polar surface area (TPSA) is 132 Å². The Morgan fingerprint density at radius 3 is 1.97 bits per heavy atom. The number of alkyl halides is 3. The molecule has 0 atom stereocenters. The lowest BCUT2D eigenvalue weighted by Crippen LogP contribution is -2.25. The summed E-state index contributed by atoms with van der Waals surface area (Å²) in [6.07, 6.45) is -5.51. The van der Waals surface area contributed by atoms with Crippen LogP contribution in [0.1, 0.15) is 5.56 Å². The van der Waals surface area contributed by atoms with Crippen LogP contribution in [0.3, 0.4) is 0 Å². The summed E-state index contributed by atoms with van der Waals surface area (Å²) in [6.45, 7) is 0. The normalized spacial score (nSPS) is 12.5. The van der Waals surface area contributed by atoms with E-state index in [1.54, 1.807) is 0 Å². The van der Waals surface area contributed by atoms with Gasteiger partial charge in [-0.25, -0.2) is 4.79 Å². The fraction of sp³-hybridized carbons (Fsp3) is 0.150. The number of nitrogens with two attached hydrogens (primary N) is 1. The Morgan fingerprint density at radius 2 is 1.50 bits per heavy atom. The quantitative estimate of drug-likeness (QED) is 0.261. The van der Waals surface area contributed by atoms with Crippen LogP contribution < -0.4 is 15.8 Å². The van der Waals surface area contributed by atoms with Crippen LogP contribution in [0, 0.1) is 0 Å². The fourth-order valence-corrected chi connectivity index (χ4v) is 2.27. The van der Waals surface area contributed by atoms with E-state index in [1.807, 2.05) is 0 Å². The van der Waals surface area contributed by atoms with Gasteiger partial charge in [0, 0.05) is 5.69 Å². The van der Waals surface area contributed by atoms with Gasteiger partial charge in [0.05, 0.1) is 19.8 Å². The monoisotopic (exact) mass is 453 g/mol. The van der Waals surface area contributed by atoms with Crippen LogP contribution in [0.4, 0.5) is 23.7 Å². The molecule has 2 aromatic rings. The van der Waals surface area contributed by atoms with Gasteiger partial charge in [-0.2, -0.15) is 18.2 Å². The molecular formula is C20H18F3N3O6. The molecule has 0 aliphatic heterocycles. The minimum Gasteiger partial charge on any atom is -0.500 e. The number of aliphatic imine (C=N–C) groups is 1. The summed E-state index contributed by atoms with van der Waals surface area (Å²) in [4.78, 5) is 26.6. The molecule has 0 spiro atoms. The van der Waals surface area contributed by atoms with E-state index in [9.17, 15) is 27.9 Å². The van der Waals surface area contributed by atoms with E-state index in [2.05, 4.69) is 15.0 Å². The first kappa shape index (κ1) is 24.1. The summed E-state index contributed by atoms with van der Waals surface area (Å²) in [5.41, 5.74) is 4.94. The highest BCUT2D eigenvalue weighted by Gasteiger charge is 2.30.